The van der Waals surface area contributed by atoms with Gasteiger partial charge in [0.05, 0.1) is 6.61 Å². The fraction of sp³-hybridized carbons (Fsp3) is 0.688. The normalized spacial score (nSPS) is 26.0. The Morgan fingerprint density at radius 1 is 1.45 bits per heavy atom. The predicted molar refractivity (Wildman–Crippen MR) is 85.0 cm³/mol. The van der Waals surface area contributed by atoms with E-state index in [1.807, 2.05) is 24.2 Å². The van der Waals surface area contributed by atoms with Crippen molar-refractivity contribution in [3.8, 4) is 0 Å². The van der Waals surface area contributed by atoms with E-state index in [4.69, 9.17) is 0 Å². The molecule has 2 atom stereocenters. The van der Waals surface area contributed by atoms with Gasteiger partial charge < -0.3 is 10.4 Å². The third-order valence-corrected chi connectivity index (χ3v) is 5.40. The Morgan fingerprint density at radius 3 is 2.95 bits per heavy atom. The fourth-order valence-corrected chi connectivity index (χ4v) is 4.14. The SMILES string of the molecule is CCCNC1(CO)CCCC1CCSc1ccncc1. The summed E-state index contributed by atoms with van der Waals surface area (Å²) in [6, 6.07) is 4.13. The minimum absolute atomic E-state index is 0.0190. The smallest absolute Gasteiger partial charge is 0.0616 e. The molecule has 0 saturated heterocycles. The van der Waals surface area contributed by atoms with Crippen molar-refractivity contribution in [2.75, 3.05) is 18.9 Å². The largest absolute Gasteiger partial charge is 0.394 e. The van der Waals surface area contributed by atoms with Crippen LogP contribution in [0.4, 0.5) is 0 Å². The van der Waals surface area contributed by atoms with E-state index < -0.39 is 0 Å². The third-order valence-electron chi connectivity index (χ3n) is 4.35. The van der Waals surface area contributed by atoms with E-state index in [2.05, 4.69) is 29.4 Å². The number of pyridine rings is 1. The molecular formula is C16H26N2OS. The lowest BCUT2D eigenvalue weighted by atomic mass is 9.85. The summed E-state index contributed by atoms with van der Waals surface area (Å²) in [6.45, 7) is 3.47. The van der Waals surface area contributed by atoms with Crippen molar-refractivity contribution in [3.63, 3.8) is 0 Å². The van der Waals surface area contributed by atoms with Gasteiger partial charge in [-0.1, -0.05) is 13.3 Å². The van der Waals surface area contributed by atoms with Crippen LogP contribution in [0.5, 0.6) is 0 Å². The molecule has 1 aliphatic rings. The summed E-state index contributed by atoms with van der Waals surface area (Å²) in [5.74, 6) is 1.72. The highest BCUT2D eigenvalue weighted by molar-refractivity contribution is 7.99. The zero-order valence-corrected chi connectivity index (χ0v) is 13.2. The van der Waals surface area contributed by atoms with Crippen LogP contribution in [0.15, 0.2) is 29.4 Å². The maximum absolute atomic E-state index is 9.85. The molecule has 0 radical (unpaired) electrons. The van der Waals surface area contributed by atoms with Gasteiger partial charge in [-0.25, -0.2) is 0 Å². The number of hydrogen-bond acceptors (Lipinski definition) is 4. The topological polar surface area (TPSA) is 45.1 Å². The number of hydrogen-bond donors (Lipinski definition) is 2. The summed E-state index contributed by atoms with van der Waals surface area (Å²) in [5.41, 5.74) is -0.0190. The second-order valence-electron chi connectivity index (χ2n) is 5.65. The molecule has 1 aromatic heterocycles. The van der Waals surface area contributed by atoms with Crippen LogP contribution in [-0.2, 0) is 0 Å². The lowest BCUT2D eigenvalue weighted by Gasteiger charge is -2.35. The van der Waals surface area contributed by atoms with Gasteiger partial charge in [-0.05, 0) is 56.0 Å². The Balaban J connectivity index is 1.84. The van der Waals surface area contributed by atoms with E-state index in [9.17, 15) is 5.11 Å². The molecule has 3 nitrogen and oxygen atoms in total. The van der Waals surface area contributed by atoms with Gasteiger partial charge in [0.15, 0.2) is 0 Å². The summed E-state index contributed by atoms with van der Waals surface area (Å²) >= 11 is 1.89. The van der Waals surface area contributed by atoms with Crippen LogP contribution in [-0.4, -0.2) is 34.5 Å². The molecule has 1 aromatic rings. The molecule has 1 fully saturated rings. The average molecular weight is 294 g/mol. The van der Waals surface area contributed by atoms with Gasteiger partial charge in [0.2, 0.25) is 0 Å². The zero-order chi connectivity index (χ0) is 14.3. The Labute approximate surface area is 126 Å². The zero-order valence-electron chi connectivity index (χ0n) is 12.3. The summed E-state index contributed by atoms with van der Waals surface area (Å²) in [6.07, 6.45) is 9.59. The summed E-state index contributed by atoms with van der Waals surface area (Å²) < 4.78 is 0. The molecule has 1 aliphatic carbocycles. The Bertz CT molecular complexity index is 387. The van der Waals surface area contributed by atoms with Crippen molar-refractivity contribution in [1.29, 1.82) is 0 Å². The molecule has 4 heteroatoms. The van der Waals surface area contributed by atoms with Gasteiger partial charge in [0.1, 0.15) is 0 Å². The number of aliphatic hydroxyl groups is 1. The minimum Gasteiger partial charge on any atom is -0.394 e. The Kier molecular flexibility index (Phi) is 6.33. The third kappa shape index (κ3) is 3.96. The predicted octanol–water partition coefficient (Wildman–Crippen LogP) is 3.09. The second kappa shape index (κ2) is 8.01. The van der Waals surface area contributed by atoms with Crippen LogP contribution >= 0.6 is 11.8 Å². The molecule has 1 heterocycles. The average Bonchev–Trinajstić information content (AvgIpc) is 2.90. The highest BCUT2D eigenvalue weighted by Gasteiger charge is 2.41. The fourth-order valence-electron chi connectivity index (χ4n) is 3.19. The first kappa shape index (κ1) is 15.8. The van der Waals surface area contributed by atoms with E-state index in [0.29, 0.717) is 5.92 Å². The van der Waals surface area contributed by atoms with E-state index in [-0.39, 0.29) is 12.1 Å². The lowest BCUT2D eigenvalue weighted by molar-refractivity contribution is 0.122. The van der Waals surface area contributed by atoms with Crippen LogP contribution in [0.1, 0.15) is 39.0 Å². The standard InChI is InChI=1S/C16H26N2OS/c1-2-9-18-16(13-19)8-3-4-14(16)7-12-20-15-5-10-17-11-6-15/h5-6,10-11,14,18-19H,2-4,7-9,12-13H2,1H3. The minimum atomic E-state index is -0.0190. The van der Waals surface area contributed by atoms with E-state index in [1.165, 1.54) is 24.2 Å². The van der Waals surface area contributed by atoms with Gasteiger partial charge in [-0.15, -0.1) is 11.8 Å². The molecule has 2 N–H and O–H groups in total. The van der Waals surface area contributed by atoms with E-state index >= 15 is 0 Å². The van der Waals surface area contributed by atoms with Gasteiger partial charge in [-0.3, -0.25) is 4.98 Å². The molecule has 112 valence electrons. The molecule has 0 aromatic carbocycles. The number of aromatic nitrogens is 1. The van der Waals surface area contributed by atoms with Crippen molar-refractivity contribution >= 4 is 11.8 Å². The quantitative estimate of drug-likeness (QED) is 0.723. The van der Waals surface area contributed by atoms with Gasteiger partial charge in [0, 0.05) is 22.8 Å². The maximum atomic E-state index is 9.85. The molecule has 2 rings (SSSR count). The molecule has 0 aliphatic heterocycles. The Hall–Kier alpha value is -0.580. The van der Waals surface area contributed by atoms with Gasteiger partial charge in [0.25, 0.3) is 0 Å². The molecule has 1 saturated carbocycles. The first-order valence-corrected chi connectivity index (χ1v) is 8.68. The van der Waals surface area contributed by atoms with Crippen LogP contribution in [0, 0.1) is 5.92 Å². The van der Waals surface area contributed by atoms with E-state index in [0.717, 1.165) is 25.1 Å². The maximum Gasteiger partial charge on any atom is 0.0616 e. The summed E-state index contributed by atoms with van der Waals surface area (Å²) in [4.78, 5) is 5.33. The molecule has 0 spiro atoms. The number of nitrogens with one attached hydrogen (secondary N) is 1. The second-order valence-corrected chi connectivity index (χ2v) is 6.82. The van der Waals surface area contributed by atoms with Crippen molar-refractivity contribution in [1.82, 2.24) is 10.3 Å². The van der Waals surface area contributed by atoms with Crippen molar-refractivity contribution in [2.24, 2.45) is 5.92 Å². The van der Waals surface area contributed by atoms with Crippen molar-refractivity contribution in [2.45, 2.75) is 49.5 Å². The van der Waals surface area contributed by atoms with Crippen molar-refractivity contribution in [3.05, 3.63) is 24.5 Å². The molecule has 2 unspecified atom stereocenters. The number of nitrogens with zero attached hydrogens (tertiary/aromatic N) is 1. The molecular weight excluding hydrogens is 268 g/mol. The van der Waals surface area contributed by atoms with Crippen LogP contribution in [0.25, 0.3) is 0 Å². The highest BCUT2D eigenvalue weighted by atomic mass is 32.2. The summed E-state index contributed by atoms with van der Waals surface area (Å²) in [7, 11) is 0. The van der Waals surface area contributed by atoms with Crippen molar-refractivity contribution < 1.29 is 5.11 Å². The number of thioether (sulfide) groups is 1. The Morgan fingerprint density at radius 2 is 2.25 bits per heavy atom. The summed E-state index contributed by atoms with van der Waals surface area (Å²) in [5, 5.41) is 13.5. The highest BCUT2D eigenvalue weighted by Crippen LogP contribution is 2.38. The number of rotatable bonds is 8. The van der Waals surface area contributed by atoms with E-state index in [1.54, 1.807) is 0 Å². The van der Waals surface area contributed by atoms with Gasteiger partial charge >= 0.3 is 0 Å². The van der Waals surface area contributed by atoms with Crippen LogP contribution < -0.4 is 5.32 Å². The first-order chi connectivity index (χ1) is 9.80. The van der Waals surface area contributed by atoms with Crippen LogP contribution in [0.3, 0.4) is 0 Å². The molecule has 0 amide bonds. The molecule has 20 heavy (non-hydrogen) atoms. The molecule has 0 bridgehead atoms. The number of aliphatic hydroxyl groups excluding tert-OH is 1. The first-order valence-electron chi connectivity index (χ1n) is 7.69. The van der Waals surface area contributed by atoms with Gasteiger partial charge in [-0.2, -0.15) is 0 Å². The van der Waals surface area contributed by atoms with Crippen LogP contribution in [0.2, 0.25) is 0 Å². The monoisotopic (exact) mass is 294 g/mol. The lowest BCUT2D eigenvalue weighted by Crippen LogP contribution is -2.51.